The number of carbonyl (C=O) groups is 2. The molecule has 0 atom stereocenters. The lowest BCUT2D eigenvalue weighted by Crippen LogP contribution is -2.34. The van der Waals surface area contributed by atoms with Gasteiger partial charge in [-0.1, -0.05) is 0 Å². The number of halogens is 4. The number of pyridine rings is 2. The van der Waals surface area contributed by atoms with Crippen LogP contribution >= 0.6 is 0 Å². The molecule has 0 radical (unpaired) electrons. The third-order valence-electron chi connectivity index (χ3n) is 4.92. The Bertz CT molecular complexity index is 1010. The standard InChI is InChI=1S/C22H23F4N3O3/c1-12-5-14(10-28-20(12)32-11-22(25,26)21(23)24)9-27-19(31)16-6-13(2)29-17(7-16)8-18(30)15-3-4-15/h5-7,10,15,21H,3-4,8-9,11H2,1-2H3,(H,27,31). The largest absolute Gasteiger partial charge is 0.471 e. The quantitative estimate of drug-likeness (QED) is 0.553. The Morgan fingerprint density at radius 3 is 2.56 bits per heavy atom. The molecule has 0 unspecified atom stereocenters. The highest BCUT2D eigenvalue weighted by atomic mass is 19.3. The molecular weight excluding hydrogens is 430 g/mol. The Morgan fingerprint density at radius 2 is 1.94 bits per heavy atom. The Morgan fingerprint density at radius 1 is 1.22 bits per heavy atom. The number of ether oxygens (including phenoxy) is 1. The molecule has 2 aromatic rings. The molecule has 3 rings (SSSR count). The lowest BCUT2D eigenvalue weighted by atomic mass is 10.1. The highest BCUT2D eigenvalue weighted by Gasteiger charge is 2.42. The van der Waals surface area contributed by atoms with Crippen LogP contribution in [0, 0.1) is 19.8 Å². The van der Waals surface area contributed by atoms with Crippen molar-refractivity contribution in [2.24, 2.45) is 5.92 Å². The van der Waals surface area contributed by atoms with Gasteiger partial charge in [0, 0.05) is 47.6 Å². The van der Waals surface area contributed by atoms with Gasteiger partial charge in [-0.15, -0.1) is 0 Å². The van der Waals surface area contributed by atoms with E-state index in [1.165, 1.54) is 13.1 Å². The lowest BCUT2D eigenvalue weighted by molar-refractivity contribution is -0.148. The van der Waals surface area contributed by atoms with E-state index < -0.39 is 19.0 Å². The zero-order chi connectivity index (χ0) is 23.5. The lowest BCUT2D eigenvalue weighted by Gasteiger charge is -2.16. The molecule has 172 valence electrons. The average Bonchev–Trinajstić information content (AvgIpc) is 3.56. The number of nitrogens with one attached hydrogen (secondary N) is 1. The van der Waals surface area contributed by atoms with Gasteiger partial charge in [-0.2, -0.15) is 8.78 Å². The van der Waals surface area contributed by atoms with Crippen molar-refractivity contribution in [3.05, 3.63) is 52.5 Å². The van der Waals surface area contributed by atoms with Crippen LogP contribution in [-0.2, 0) is 17.8 Å². The van der Waals surface area contributed by atoms with Gasteiger partial charge < -0.3 is 10.1 Å². The molecule has 0 aliphatic heterocycles. The molecule has 2 heterocycles. The van der Waals surface area contributed by atoms with Crippen molar-refractivity contribution in [1.82, 2.24) is 15.3 Å². The van der Waals surface area contributed by atoms with Gasteiger partial charge in [0.2, 0.25) is 5.88 Å². The number of amides is 1. The second kappa shape index (κ2) is 9.62. The SMILES string of the molecule is Cc1cc(C(=O)NCc2cnc(OCC(F)(F)C(F)F)c(C)c2)cc(CC(=O)C2CC2)n1. The predicted octanol–water partition coefficient (Wildman–Crippen LogP) is 3.82. The van der Waals surface area contributed by atoms with E-state index in [0.29, 0.717) is 28.1 Å². The number of hydrogen-bond acceptors (Lipinski definition) is 5. The van der Waals surface area contributed by atoms with Crippen molar-refractivity contribution in [1.29, 1.82) is 0 Å². The monoisotopic (exact) mass is 453 g/mol. The third kappa shape index (κ3) is 6.24. The summed E-state index contributed by atoms with van der Waals surface area (Å²) in [4.78, 5) is 32.8. The van der Waals surface area contributed by atoms with Crippen LogP contribution in [0.4, 0.5) is 17.6 Å². The average molecular weight is 453 g/mol. The van der Waals surface area contributed by atoms with E-state index in [2.05, 4.69) is 15.3 Å². The predicted molar refractivity (Wildman–Crippen MR) is 107 cm³/mol. The third-order valence-corrected chi connectivity index (χ3v) is 4.92. The van der Waals surface area contributed by atoms with E-state index in [0.717, 1.165) is 12.8 Å². The van der Waals surface area contributed by atoms with Crippen LogP contribution in [0.15, 0.2) is 24.4 Å². The number of Topliss-reactive ketones (excluding diaryl/α,β-unsaturated/α-hetero) is 1. The molecule has 32 heavy (non-hydrogen) atoms. The number of ketones is 1. The van der Waals surface area contributed by atoms with Crippen LogP contribution < -0.4 is 10.1 Å². The minimum absolute atomic E-state index is 0.0951. The summed E-state index contributed by atoms with van der Waals surface area (Å²) in [5.74, 6) is -4.59. The smallest absolute Gasteiger partial charge is 0.340 e. The molecule has 2 aromatic heterocycles. The Balaban J connectivity index is 1.59. The Hall–Kier alpha value is -3.04. The highest BCUT2D eigenvalue weighted by molar-refractivity contribution is 5.94. The van der Waals surface area contributed by atoms with E-state index in [4.69, 9.17) is 4.74 Å². The number of rotatable bonds is 10. The number of hydrogen-bond donors (Lipinski definition) is 1. The van der Waals surface area contributed by atoms with E-state index in [1.807, 2.05) is 0 Å². The molecule has 1 N–H and O–H groups in total. The fourth-order valence-corrected chi connectivity index (χ4v) is 3.07. The first kappa shape index (κ1) is 23.6. The van der Waals surface area contributed by atoms with Gasteiger partial charge in [0.25, 0.3) is 5.91 Å². The van der Waals surface area contributed by atoms with E-state index in [1.54, 1.807) is 25.1 Å². The van der Waals surface area contributed by atoms with Gasteiger partial charge in [-0.05, 0) is 50.5 Å². The molecule has 6 nitrogen and oxygen atoms in total. The van der Waals surface area contributed by atoms with Crippen molar-refractivity contribution in [3.8, 4) is 5.88 Å². The molecule has 1 fully saturated rings. The molecule has 1 saturated carbocycles. The number of aryl methyl sites for hydroxylation is 2. The molecule has 1 aliphatic carbocycles. The summed E-state index contributed by atoms with van der Waals surface area (Å²) in [6.07, 6.45) is -0.516. The molecular formula is C22H23F4N3O3. The summed E-state index contributed by atoms with van der Waals surface area (Å²) in [5.41, 5.74) is 2.47. The first-order chi connectivity index (χ1) is 15.0. The summed E-state index contributed by atoms with van der Waals surface area (Å²) in [6, 6.07) is 4.76. The van der Waals surface area contributed by atoms with E-state index in [-0.39, 0.29) is 36.5 Å². The van der Waals surface area contributed by atoms with Crippen molar-refractivity contribution in [3.63, 3.8) is 0 Å². The van der Waals surface area contributed by atoms with Crippen LogP contribution in [0.25, 0.3) is 0 Å². The topological polar surface area (TPSA) is 81.2 Å². The molecule has 1 amide bonds. The summed E-state index contributed by atoms with van der Waals surface area (Å²) in [5, 5.41) is 2.72. The fourth-order valence-electron chi connectivity index (χ4n) is 3.07. The van der Waals surface area contributed by atoms with Crippen LogP contribution in [0.3, 0.4) is 0 Å². The van der Waals surface area contributed by atoms with Crippen molar-refractivity contribution < 1.29 is 31.9 Å². The first-order valence-corrected chi connectivity index (χ1v) is 10.1. The van der Waals surface area contributed by atoms with Gasteiger partial charge in [0.1, 0.15) is 5.78 Å². The summed E-state index contributed by atoms with van der Waals surface area (Å²) < 4.78 is 55.2. The minimum atomic E-state index is -4.27. The van der Waals surface area contributed by atoms with E-state index >= 15 is 0 Å². The number of aromatic nitrogens is 2. The molecule has 10 heteroatoms. The number of carbonyl (C=O) groups excluding carboxylic acids is 2. The maximum absolute atomic E-state index is 13.0. The maximum atomic E-state index is 13.0. The van der Waals surface area contributed by atoms with Crippen LogP contribution in [0.5, 0.6) is 5.88 Å². The second-order valence-electron chi connectivity index (χ2n) is 7.90. The van der Waals surface area contributed by atoms with Crippen LogP contribution in [0.1, 0.15) is 45.7 Å². The Labute approximate surface area is 182 Å². The Kier molecular flexibility index (Phi) is 7.10. The van der Waals surface area contributed by atoms with Gasteiger partial charge in [0.15, 0.2) is 6.61 Å². The number of nitrogens with zero attached hydrogens (tertiary/aromatic N) is 2. The summed E-state index contributed by atoms with van der Waals surface area (Å²) in [6.45, 7) is 1.88. The summed E-state index contributed by atoms with van der Waals surface area (Å²) in [7, 11) is 0. The molecule has 0 aromatic carbocycles. The second-order valence-corrected chi connectivity index (χ2v) is 7.90. The van der Waals surface area contributed by atoms with Gasteiger partial charge in [-0.3, -0.25) is 14.6 Å². The normalized spacial score (nSPS) is 13.8. The zero-order valence-corrected chi connectivity index (χ0v) is 17.6. The van der Waals surface area contributed by atoms with E-state index in [9.17, 15) is 27.2 Å². The van der Waals surface area contributed by atoms with Crippen molar-refractivity contribution in [2.75, 3.05) is 6.61 Å². The van der Waals surface area contributed by atoms with Crippen LogP contribution in [-0.4, -0.2) is 40.6 Å². The van der Waals surface area contributed by atoms with Crippen LogP contribution in [0.2, 0.25) is 0 Å². The zero-order valence-electron chi connectivity index (χ0n) is 17.6. The first-order valence-electron chi connectivity index (χ1n) is 10.1. The fraction of sp³-hybridized carbons (Fsp3) is 0.455. The molecule has 0 bridgehead atoms. The molecule has 0 spiro atoms. The molecule has 0 saturated heterocycles. The molecule has 1 aliphatic rings. The number of alkyl halides is 4. The summed E-state index contributed by atoms with van der Waals surface area (Å²) >= 11 is 0. The van der Waals surface area contributed by atoms with Gasteiger partial charge in [0.05, 0.1) is 0 Å². The van der Waals surface area contributed by atoms with Gasteiger partial charge in [-0.25, -0.2) is 13.8 Å². The maximum Gasteiger partial charge on any atom is 0.340 e. The van der Waals surface area contributed by atoms with Crippen molar-refractivity contribution >= 4 is 11.7 Å². The minimum Gasteiger partial charge on any atom is -0.471 e. The van der Waals surface area contributed by atoms with Gasteiger partial charge >= 0.3 is 12.3 Å². The highest BCUT2D eigenvalue weighted by Crippen LogP contribution is 2.31. The van der Waals surface area contributed by atoms with Crippen molar-refractivity contribution in [2.45, 2.75) is 52.0 Å².